The van der Waals surface area contributed by atoms with Crippen LogP contribution in [0.3, 0.4) is 0 Å². The van der Waals surface area contributed by atoms with Gasteiger partial charge in [0.05, 0.1) is 11.9 Å². The molecule has 20 heavy (non-hydrogen) atoms. The lowest BCUT2D eigenvalue weighted by molar-refractivity contribution is 0.197. The topological polar surface area (TPSA) is 34.0 Å². The van der Waals surface area contributed by atoms with Crippen molar-refractivity contribution in [2.75, 3.05) is 6.54 Å². The van der Waals surface area contributed by atoms with Gasteiger partial charge in [0.15, 0.2) is 0 Å². The van der Waals surface area contributed by atoms with Crippen LogP contribution in [0.4, 0.5) is 0 Å². The molecule has 5 heteroatoms. The first-order valence-electron chi connectivity index (χ1n) is 7.31. The molecule has 1 atom stereocenters. The van der Waals surface area contributed by atoms with Gasteiger partial charge in [-0.2, -0.15) is 5.10 Å². The summed E-state index contributed by atoms with van der Waals surface area (Å²) in [6.45, 7) is 6.85. The molecule has 0 aliphatic carbocycles. The highest BCUT2D eigenvalue weighted by molar-refractivity contribution is 7.13. The van der Waals surface area contributed by atoms with Crippen molar-refractivity contribution in [3.63, 3.8) is 0 Å². The average molecular weight is 290 g/mol. The van der Waals surface area contributed by atoms with Crippen molar-refractivity contribution in [2.45, 2.75) is 39.3 Å². The van der Waals surface area contributed by atoms with Crippen LogP contribution >= 0.6 is 11.3 Å². The highest BCUT2D eigenvalue weighted by atomic mass is 32.1. The third kappa shape index (κ3) is 2.79. The molecule has 1 saturated heterocycles. The van der Waals surface area contributed by atoms with Crippen molar-refractivity contribution in [1.29, 1.82) is 0 Å². The van der Waals surface area contributed by atoms with E-state index < -0.39 is 0 Å². The van der Waals surface area contributed by atoms with Gasteiger partial charge in [-0.25, -0.2) is 4.98 Å². The first-order chi connectivity index (χ1) is 9.63. The average Bonchev–Trinajstić information content (AvgIpc) is 3.09. The van der Waals surface area contributed by atoms with Crippen LogP contribution < -0.4 is 0 Å². The van der Waals surface area contributed by atoms with Gasteiger partial charge in [0.2, 0.25) is 0 Å². The number of rotatable bonds is 4. The van der Waals surface area contributed by atoms with Gasteiger partial charge in [-0.3, -0.25) is 9.58 Å². The number of nitrogens with zero attached hydrogens (tertiary/aromatic N) is 4. The highest BCUT2D eigenvalue weighted by Crippen LogP contribution is 2.28. The molecule has 2 aromatic rings. The molecule has 1 aliphatic heterocycles. The summed E-state index contributed by atoms with van der Waals surface area (Å²) >= 11 is 1.72. The van der Waals surface area contributed by atoms with Crippen molar-refractivity contribution < 1.29 is 0 Å². The zero-order valence-electron chi connectivity index (χ0n) is 12.4. The SMILES string of the molecule is CC(C)C1CCCN1Cc1csc(-c2cnn(C)c2)n1. The van der Waals surface area contributed by atoms with Crippen LogP contribution in [-0.4, -0.2) is 32.3 Å². The molecule has 2 aromatic heterocycles. The largest absolute Gasteiger partial charge is 0.294 e. The Morgan fingerprint density at radius 1 is 1.45 bits per heavy atom. The Hall–Kier alpha value is -1.20. The summed E-state index contributed by atoms with van der Waals surface area (Å²) in [7, 11) is 1.94. The Morgan fingerprint density at radius 2 is 2.30 bits per heavy atom. The molecule has 0 spiro atoms. The van der Waals surface area contributed by atoms with E-state index in [1.54, 1.807) is 11.3 Å². The number of hydrogen-bond donors (Lipinski definition) is 0. The fourth-order valence-electron chi connectivity index (χ4n) is 3.06. The number of hydrogen-bond acceptors (Lipinski definition) is 4. The quantitative estimate of drug-likeness (QED) is 0.867. The Labute approximate surface area is 124 Å². The van der Waals surface area contributed by atoms with Crippen molar-refractivity contribution in [2.24, 2.45) is 13.0 Å². The normalized spacial score (nSPS) is 20.1. The fraction of sp³-hybridized carbons (Fsp3) is 0.600. The molecule has 1 fully saturated rings. The second kappa shape index (κ2) is 5.66. The third-order valence-corrected chi connectivity index (χ3v) is 4.99. The molecular formula is C15H22N4S. The summed E-state index contributed by atoms with van der Waals surface area (Å²) < 4.78 is 1.83. The van der Waals surface area contributed by atoms with Gasteiger partial charge in [-0.1, -0.05) is 13.8 Å². The molecule has 3 rings (SSSR count). The van der Waals surface area contributed by atoms with Crippen molar-refractivity contribution in [1.82, 2.24) is 19.7 Å². The van der Waals surface area contributed by atoms with Crippen LogP contribution in [0.15, 0.2) is 17.8 Å². The van der Waals surface area contributed by atoms with Gasteiger partial charge in [0.1, 0.15) is 5.01 Å². The van der Waals surface area contributed by atoms with Crippen LogP contribution in [0.2, 0.25) is 0 Å². The van der Waals surface area contributed by atoms with E-state index >= 15 is 0 Å². The lowest BCUT2D eigenvalue weighted by atomic mass is 10.0. The fourth-order valence-corrected chi connectivity index (χ4v) is 3.84. The van der Waals surface area contributed by atoms with E-state index in [1.807, 2.05) is 24.1 Å². The van der Waals surface area contributed by atoms with Gasteiger partial charge in [-0.05, 0) is 25.3 Å². The summed E-state index contributed by atoms with van der Waals surface area (Å²) in [5.41, 5.74) is 2.31. The van der Waals surface area contributed by atoms with Crippen LogP contribution in [0, 0.1) is 5.92 Å². The van der Waals surface area contributed by atoms with Gasteiger partial charge >= 0.3 is 0 Å². The summed E-state index contributed by atoms with van der Waals surface area (Å²) in [4.78, 5) is 7.36. The van der Waals surface area contributed by atoms with E-state index in [2.05, 4.69) is 29.2 Å². The molecular weight excluding hydrogens is 268 g/mol. The third-order valence-electron chi connectivity index (χ3n) is 4.05. The number of aromatic nitrogens is 3. The zero-order chi connectivity index (χ0) is 14.1. The zero-order valence-corrected chi connectivity index (χ0v) is 13.2. The summed E-state index contributed by atoms with van der Waals surface area (Å²) in [6, 6.07) is 0.721. The number of thiazole rings is 1. The van der Waals surface area contributed by atoms with E-state index in [9.17, 15) is 0 Å². The molecule has 4 nitrogen and oxygen atoms in total. The molecule has 0 amide bonds. The Bertz CT molecular complexity index is 572. The van der Waals surface area contributed by atoms with Gasteiger partial charge < -0.3 is 0 Å². The van der Waals surface area contributed by atoms with Gasteiger partial charge in [0, 0.05) is 36.8 Å². The molecule has 0 N–H and O–H groups in total. The predicted molar refractivity (Wildman–Crippen MR) is 82.6 cm³/mol. The highest BCUT2D eigenvalue weighted by Gasteiger charge is 2.27. The van der Waals surface area contributed by atoms with Crippen LogP contribution in [0.5, 0.6) is 0 Å². The molecule has 108 valence electrons. The maximum Gasteiger partial charge on any atom is 0.126 e. The smallest absolute Gasteiger partial charge is 0.126 e. The van der Waals surface area contributed by atoms with Crippen molar-refractivity contribution in [3.8, 4) is 10.6 Å². The van der Waals surface area contributed by atoms with E-state index in [0.29, 0.717) is 0 Å². The van der Waals surface area contributed by atoms with Gasteiger partial charge in [-0.15, -0.1) is 11.3 Å². The maximum atomic E-state index is 4.77. The first-order valence-corrected chi connectivity index (χ1v) is 8.19. The van der Waals surface area contributed by atoms with Crippen LogP contribution in [0.1, 0.15) is 32.4 Å². The predicted octanol–water partition coefficient (Wildman–Crippen LogP) is 3.16. The van der Waals surface area contributed by atoms with E-state index in [4.69, 9.17) is 4.98 Å². The summed E-state index contributed by atoms with van der Waals surface area (Å²) in [6.07, 6.45) is 6.56. The molecule has 1 unspecified atom stereocenters. The number of likely N-dealkylation sites (tertiary alicyclic amines) is 1. The monoisotopic (exact) mass is 290 g/mol. The van der Waals surface area contributed by atoms with Gasteiger partial charge in [0.25, 0.3) is 0 Å². The van der Waals surface area contributed by atoms with Crippen molar-refractivity contribution >= 4 is 11.3 Å². The second-order valence-corrected chi connectivity index (χ2v) is 6.83. The minimum absolute atomic E-state index is 0.721. The Balaban J connectivity index is 1.71. The summed E-state index contributed by atoms with van der Waals surface area (Å²) in [5.74, 6) is 0.730. The Kier molecular flexibility index (Phi) is 3.89. The van der Waals surface area contributed by atoms with Crippen LogP contribution in [0.25, 0.3) is 10.6 Å². The second-order valence-electron chi connectivity index (χ2n) is 5.97. The molecule has 0 bridgehead atoms. The first kappa shape index (κ1) is 13.8. The summed E-state index contributed by atoms with van der Waals surface area (Å²) in [5, 5.41) is 7.48. The van der Waals surface area contributed by atoms with Crippen molar-refractivity contribution in [3.05, 3.63) is 23.5 Å². The molecule has 0 saturated carbocycles. The van der Waals surface area contributed by atoms with E-state index in [1.165, 1.54) is 25.1 Å². The molecule has 1 aliphatic rings. The maximum absolute atomic E-state index is 4.77. The molecule has 0 radical (unpaired) electrons. The number of aryl methyl sites for hydroxylation is 1. The van der Waals surface area contributed by atoms with Crippen LogP contribution in [-0.2, 0) is 13.6 Å². The lowest BCUT2D eigenvalue weighted by Crippen LogP contribution is -2.32. The standard InChI is InChI=1S/C15H22N4S/c1-11(2)14-5-4-6-19(14)9-13-10-20-15(17-13)12-7-16-18(3)8-12/h7-8,10-11,14H,4-6,9H2,1-3H3. The molecule has 3 heterocycles. The Morgan fingerprint density at radius 3 is 3.00 bits per heavy atom. The minimum atomic E-state index is 0.721. The lowest BCUT2D eigenvalue weighted by Gasteiger charge is -2.26. The van der Waals surface area contributed by atoms with E-state index in [-0.39, 0.29) is 0 Å². The van der Waals surface area contributed by atoms with E-state index in [0.717, 1.165) is 29.1 Å². The minimum Gasteiger partial charge on any atom is -0.294 e. The molecule has 0 aromatic carbocycles.